The molecule has 1 atom stereocenters. The lowest BCUT2D eigenvalue weighted by Crippen LogP contribution is -2.17. The zero-order valence-electron chi connectivity index (χ0n) is 12.5. The van der Waals surface area contributed by atoms with Crippen molar-refractivity contribution in [2.45, 2.75) is 32.7 Å². The van der Waals surface area contributed by atoms with Gasteiger partial charge in [0.05, 0.1) is 5.69 Å². The molecule has 0 fully saturated rings. The minimum absolute atomic E-state index is 0.315. The van der Waals surface area contributed by atoms with Gasteiger partial charge in [0.25, 0.3) is 6.47 Å². The number of nitrogens with zero attached hydrogens (tertiary/aromatic N) is 1. The van der Waals surface area contributed by atoms with E-state index in [0.717, 1.165) is 17.0 Å². The lowest BCUT2D eigenvalue weighted by molar-refractivity contribution is -0.274. The normalized spacial score (nSPS) is 12.7. The van der Waals surface area contributed by atoms with Crippen LogP contribution in [-0.4, -0.2) is 23.0 Å². The maximum Gasteiger partial charge on any atom is 0.573 e. The molecular weight excluding hydrogens is 313 g/mol. The number of halogens is 3. The summed E-state index contributed by atoms with van der Waals surface area (Å²) in [6.07, 6.45) is -5.00. The number of aromatic nitrogens is 2. The first kappa shape index (κ1) is 16.9. The highest BCUT2D eigenvalue weighted by Gasteiger charge is 2.31. The first-order chi connectivity index (χ1) is 10.8. The summed E-state index contributed by atoms with van der Waals surface area (Å²) in [7, 11) is 0. The van der Waals surface area contributed by atoms with Crippen LogP contribution in [0.4, 0.5) is 13.2 Å². The molecule has 0 spiro atoms. The predicted octanol–water partition coefficient (Wildman–Crippen LogP) is 3.38. The third-order valence-corrected chi connectivity index (χ3v) is 3.38. The third-order valence-electron chi connectivity index (χ3n) is 3.38. The van der Waals surface area contributed by atoms with Gasteiger partial charge in [-0.1, -0.05) is 12.1 Å². The fourth-order valence-electron chi connectivity index (χ4n) is 2.26. The van der Waals surface area contributed by atoms with E-state index in [1.54, 1.807) is 0 Å². The van der Waals surface area contributed by atoms with E-state index in [0.29, 0.717) is 18.5 Å². The van der Waals surface area contributed by atoms with Crippen LogP contribution in [0.5, 0.6) is 5.75 Å². The van der Waals surface area contributed by atoms with Crippen molar-refractivity contribution in [1.29, 1.82) is 0 Å². The van der Waals surface area contributed by atoms with Gasteiger partial charge in [-0.2, -0.15) is 5.10 Å². The van der Waals surface area contributed by atoms with Gasteiger partial charge in [0.2, 0.25) is 0 Å². The molecule has 2 rings (SSSR count). The Morgan fingerprint density at radius 2 is 1.91 bits per heavy atom. The van der Waals surface area contributed by atoms with Crippen molar-refractivity contribution in [1.82, 2.24) is 10.2 Å². The van der Waals surface area contributed by atoms with E-state index in [1.165, 1.54) is 24.3 Å². The molecule has 5 nitrogen and oxygen atoms in total. The van der Waals surface area contributed by atoms with Crippen LogP contribution in [0, 0.1) is 13.8 Å². The molecule has 124 valence electrons. The molecule has 0 radical (unpaired) electrons. The maximum atomic E-state index is 12.2. The number of aromatic amines is 1. The van der Waals surface area contributed by atoms with Crippen LogP contribution in [0.3, 0.4) is 0 Å². The van der Waals surface area contributed by atoms with Gasteiger partial charge in [-0.05, 0) is 37.1 Å². The highest BCUT2D eigenvalue weighted by atomic mass is 19.4. The van der Waals surface area contributed by atoms with E-state index in [-0.39, 0.29) is 5.75 Å². The zero-order valence-corrected chi connectivity index (χ0v) is 12.5. The van der Waals surface area contributed by atoms with Crippen molar-refractivity contribution in [2.24, 2.45) is 0 Å². The average Bonchev–Trinajstić information content (AvgIpc) is 2.78. The summed E-state index contributed by atoms with van der Waals surface area (Å²) in [5, 5.41) is 6.90. The Labute approximate surface area is 130 Å². The molecule has 2 aromatic rings. The molecule has 0 aliphatic carbocycles. The van der Waals surface area contributed by atoms with Gasteiger partial charge < -0.3 is 9.47 Å². The van der Waals surface area contributed by atoms with Gasteiger partial charge in [-0.15, -0.1) is 13.2 Å². The Morgan fingerprint density at radius 3 is 2.39 bits per heavy atom. The van der Waals surface area contributed by atoms with Gasteiger partial charge in [-0.25, -0.2) is 0 Å². The highest BCUT2D eigenvalue weighted by molar-refractivity contribution is 5.40. The van der Waals surface area contributed by atoms with Crippen LogP contribution in [-0.2, 0) is 16.0 Å². The third kappa shape index (κ3) is 4.48. The molecule has 0 bridgehead atoms. The number of ether oxygens (including phenoxy) is 2. The second-order valence-electron chi connectivity index (χ2n) is 4.95. The first-order valence-corrected chi connectivity index (χ1v) is 6.75. The molecule has 0 saturated carbocycles. The minimum atomic E-state index is -4.74. The average molecular weight is 328 g/mol. The van der Waals surface area contributed by atoms with Gasteiger partial charge in [-0.3, -0.25) is 9.89 Å². The summed E-state index contributed by atoms with van der Waals surface area (Å²) in [5.74, 6) is -0.332. The summed E-state index contributed by atoms with van der Waals surface area (Å²) >= 11 is 0. The topological polar surface area (TPSA) is 64.2 Å². The van der Waals surface area contributed by atoms with Crippen molar-refractivity contribution in [3.05, 3.63) is 46.8 Å². The zero-order chi connectivity index (χ0) is 17.0. The van der Waals surface area contributed by atoms with Crippen LogP contribution in [0.15, 0.2) is 24.3 Å². The number of alkyl halides is 3. The number of carbonyl (C=O) groups excluding carboxylic acids is 1. The van der Waals surface area contributed by atoms with Crippen LogP contribution >= 0.6 is 0 Å². The van der Waals surface area contributed by atoms with Crippen molar-refractivity contribution >= 4 is 6.47 Å². The molecule has 1 heterocycles. The predicted molar refractivity (Wildman–Crippen MR) is 74.8 cm³/mol. The van der Waals surface area contributed by atoms with Gasteiger partial charge in [0, 0.05) is 12.1 Å². The second-order valence-corrected chi connectivity index (χ2v) is 4.95. The van der Waals surface area contributed by atoms with Crippen molar-refractivity contribution < 1.29 is 27.4 Å². The van der Waals surface area contributed by atoms with E-state index in [9.17, 15) is 18.0 Å². The number of benzene rings is 1. The number of nitrogens with one attached hydrogen (secondary N) is 1. The van der Waals surface area contributed by atoms with Crippen molar-refractivity contribution in [2.75, 3.05) is 0 Å². The lowest BCUT2D eigenvalue weighted by Gasteiger charge is -2.16. The Bertz CT molecular complexity index is 646. The van der Waals surface area contributed by atoms with E-state index in [4.69, 9.17) is 4.74 Å². The molecule has 0 aliphatic rings. The van der Waals surface area contributed by atoms with Gasteiger partial charge in [0.1, 0.15) is 11.9 Å². The fraction of sp³-hybridized carbons (Fsp3) is 0.333. The monoisotopic (exact) mass is 328 g/mol. The molecule has 0 saturated heterocycles. The van der Waals surface area contributed by atoms with Gasteiger partial charge in [0.15, 0.2) is 0 Å². The quantitative estimate of drug-likeness (QED) is 0.826. The van der Waals surface area contributed by atoms with Gasteiger partial charge >= 0.3 is 6.36 Å². The van der Waals surface area contributed by atoms with Crippen molar-refractivity contribution in [3.63, 3.8) is 0 Å². The standard InChI is InChI=1S/C15H15F3N2O3/c1-9-13(10(2)20-19-9)7-14(22-8-21)11-3-5-12(6-4-11)23-15(16,17)18/h3-6,8,14H,7H2,1-2H3,(H,19,20). The molecule has 1 N–H and O–H groups in total. The Balaban J connectivity index is 2.19. The Morgan fingerprint density at radius 1 is 1.26 bits per heavy atom. The highest BCUT2D eigenvalue weighted by Crippen LogP contribution is 2.28. The Hall–Kier alpha value is -2.51. The Kier molecular flexibility index (Phi) is 4.92. The summed E-state index contributed by atoms with van der Waals surface area (Å²) in [6, 6.07) is 5.22. The van der Waals surface area contributed by atoms with E-state index < -0.39 is 12.5 Å². The molecule has 1 aromatic heterocycles. The number of hydrogen-bond donors (Lipinski definition) is 1. The van der Waals surface area contributed by atoms with Crippen LogP contribution in [0.1, 0.15) is 28.6 Å². The summed E-state index contributed by atoms with van der Waals surface area (Å²) in [4.78, 5) is 10.7. The second kappa shape index (κ2) is 6.72. The summed E-state index contributed by atoms with van der Waals surface area (Å²) < 4.78 is 45.4. The number of rotatable bonds is 6. The minimum Gasteiger partial charge on any atom is -0.459 e. The summed E-state index contributed by atoms with van der Waals surface area (Å²) in [6.45, 7) is 3.97. The molecule has 8 heteroatoms. The largest absolute Gasteiger partial charge is 0.573 e. The van der Waals surface area contributed by atoms with E-state index in [1.807, 2.05) is 13.8 Å². The summed E-state index contributed by atoms with van der Waals surface area (Å²) in [5.41, 5.74) is 3.08. The SMILES string of the molecule is Cc1n[nH]c(C)c1CC(OC=O)c1ccc(OC(F)(F)F)cc1. The van der Waals surface area contributed by atoms with Crippen molar-refractivity contribution in [3.8, 4) is 5.75 Å². The molecule has 0 amide bonds. The maximum absolute atomic E-state index is 12.2. The number of H-pyrrole nitrogens is 1. The first-order valence-electron chi connectivity index (χ1n) is 6.75. The number of hydrogen-bond acceptors (Lipinski definition) is 4. The smallest absolute Gasteiger partial charge is 0.459 e. The molecule has 1 aromatic carbocycles. The number of aryl methyl sites for hydroxylation is 2. The molecule has 23 heavy (non-hydrogen) atoms. The van der Waals surface area contributed by atoms with Crippen LogP contribution in [0.2, 0.25) is 0 Å². The number of carbonyl (C=O) groups is 1. The van der Waals surface area contributed by atoms with E-state index >= 15 is 0 Å². The van der Waals surface area contributed by atoms with Crippen LogP contribution < -0.4 is 4.74 Å². The van der Waals surface area contributed by atoms with Crippen LogP contribution in [0.25, 0.3) is 0 Å². The fourth-order valence-corrected chi connectivity index (χ4v) is 2.26. The van der Waals surface area contributed by atoms with E-state index in [2.05, 4.69) is 14.9 Å². The molecule has 1 unspecified atom stereocenters. The molecule has 0 aliphatic heterocycles. The molecular formula is C15H15F3N2O3. The lowest BCUT2D eigenvalue weighted by atomic mass is 10.00.